The van der Waals surface area contributed by atoms with E-state index in [1.807, 2.05) is 0 Å². The number of rotatable bonds is 2. The van der Waals surface area contributed by atoms with Crippen LogP contribution in [-0.2, 0) is 4.74 Å². The van der Waals surface area contributed by atoms with E-state index in [9.17, 15) is 4.79 Å². The maximum atomic E-state index is 11.7. The van der Waals surface area contributed by atoms with Gasteiger partial charge in [-0.05, 0) is 18.8 Å². The minimum Gasteiger partial charge on any atom is -0.449 e. The second-order valence-corrected chi connectivity index (χ2v) is 4.82. The summed E-state index contributed by atoms with van der Waals surface area (Å²) in [5, 5.41) is 3.23. The van der Waals surface area contributed by atoms with Gasteiger partial charge in [-0.3, -0.25) is 0 Å². The Morgan fingerprint density at radius 3 is 2.47 bits per heavy atom. The van der Waals surface area contributed by atoms with E-state index in [1.165, 1.54) is 32.1 Å². The van der Waals surface area contributed by atoms with Crippen LogP contribution in [0.25, 0.3) is 0 Å². The van der Waals surface area contributed by atoms with E-state index in [2.05, 4.69) is 5.32 Å². The lowest BCUT2D eigenvalue weighted by Gasteiger charge is -2.28. The Labute approximate surface area is 109 Å². The summed E-state index contributed by atoms with van der Waals surface area (Å²) in [6.07, 6.45) is 6.30. The summed E-state index contributed by atoms with van der Waals surface area (Å²) in [5.74, 6) is 0.612. The zero-order chi connectivity index (χ0) is 11.2. The van der Waals surface area contributed by atoms with Crippen LogP contribution in [0.15, 0.2) is 0 Å². The second-order valence-electron chi connectivity index (χ2n) is 4.82. The van der Waals surface area contributed by atoms with Gasteiger partial charge in [-0.15, -0.1) is 12.4 Å². The lowest BCUT2D eigenvalue weighted by atomic mass is 9.90. The minimum absolute atomic E-state index is 0. The monoisotopic (exact) mass is 262 g/mol. The van der Waals surface area contributed by atoms with Gasteiger partial charge in [0.1, 0.15) is 0 Å². The van der Waals surface area contributed by atoms with Crippen molar-refractivity contribution in [3.8, 4) is 0 Å². The van der Waals surface area contributed by atoms with E-state index in [0.717, 1.165) is 26.2 Å². The lowest BCUT2D eigenvalue weighted by molar-refractivity contribution is 0.0769. The summed E-state index contributed by atoms with van der Waals surface area (Å²) in [4.78, 5) is 13.5. The fourth-order valence-corrected chi connectivity index (χ4v) is 2.48. The first-order chi connectivity index (χ1) is 7.86. The molecule has 1 N–H and O–H groups in total. The van der Waals surface area contributed by atoms with E-state index in [4.69, 9.17) is 4.74 Å². The number of carbonyl (C=O) groups excluding carboxylic acids is 1. The number of amides is 1. The average molecular weight is 263 g/mol. The molecule has 5 heteroatoms. The molecule has 1 aliphatic carbocycles. The van der Waals surface area contributed by atoms with E-state index >= 15 is 0 Å². The zero-order valence-electron chi connectivity index (χ0n) is 10.3. The fraction of sp³-hybridized carbons (Fsp3) is 0.917. The molecule has 2 aliphatic rings. The molecule has 2 rings (SSSR count). The number of nitrogens with zero attached hydrogens (tertiary/aromatic N) is 1. The van der Waals surface area contributed by atoms with Gasteiger partial charge in [0.05, 0.1) is 6.61 Å². The molecule has 1 amide bonds. The molecule has 0 bridgehead atoms. The van der Waals surface area contributed by atoms with Crippen LogP contribution < -0.4 is 5.32 Å². The molecule has 17 heavy (non-hydrogen) atoms. The molecule has 1 aliphatic heterocycles. The number of carbonyl (C=O) groups is 1. The Morgan fingerprint density at radius 2 is 1.82 bits per heavy atom. The number of hydrogen-bond acceptors (Lipinski definition) is 3. The van der Waals surface area contributed by atoms with Crippen LogP contribution >= 0.6 is 12.4 Å². The third kappa shape index (κ3) is 4.72. The first-order valence-corrected chi connectivity index (χ1v) is 6.48. The number of piperazine rings is 1. The summed E-state index contributed by atoms with van der Waals surface area (Å²) in [7, 11) is 0. The molecule has 0 aromatic carbocycles. The van der Waals surface area contributed by atoms with E-state index in [-0.39, 0.29) is 18.5 Å². The van der Waals surface area contributed by atoms with Gasteiger partial charge in [0, 0.05) is 26.2 Å². The third-order valence-electron chi connectivity index (χ3n) is 3.54. The summed E-state index contributed by atoms with van der Waals surface area (Å²) in [6.45, 7) is 3.97. The van der Waals surface area contributed by atoms with Crippen LogP contribution in [0, 0.1) is 5.92 Å². The standard InChI is InChI=1S/C12H22N2O2.ClH/c15-12(14-8-6-13-7-9-14)16-10-11-4-2-1-3-5-11;/h11,13H,1-10H2;1H. The molecule has 2 fully saturated rings. The van der Waals surface area contributed by atoms with Gasteiger partial charge in [-0.1, -0.05) is 19.3 Å². The molecule has 1 saturated carbocycles. The maximum absolute atomic E-state index is 11.7. The highest BCUT2D eigenvalue weighted by Crippen LogP contribution is 2.23. The van der Waals surface area contributed by atoms with Crippen LogP contribution in [0.2, 0.25) is 0 Å². The predicted octanol–water partition coefficient (Wildman–Crippen LogP) is 2.03. The minimum atomic E-state index is -0.118. The summed E-state index contributed by atoms with van der Waals surface area (Å²) >= 11 is 0. The molecule has 0 radical (unpaired) electrons. The molecule has 0 aromatic rings. The largest absolute Gasteiger partial charge is 0.449 e. The highest BCUT2D eigenvalue weighted by Gasteiger charge is 2.20. The number of hydrogen-bond donors (Lipinski definition) is 1. The van der Waals surface area contributed by atoms with Gasteiger partial charge >= 0.3 is 6.09 Å². The van der Waals surface area contributed by atoms with Crippen molar-refractivity contribution in [3.63, 3.8) is 0 Å². The Kier molecular flexibility index (Phi) is 6.66. The number of ether oxygens (including phenoxy) is 1. The molecule has 0 unspecified atom stereocenters. The van der Waals surface area contributed by atoms with Crippen molar-refractivity contribution < 1.29 is 9.53 Å². The van der Waals surface area contributed by atoms with Crippen molar-refractivity contribution in [1.82, 2.24) is 10.2 Å². The van der Waals surface area contributed by atoms with Gasteiger partial charge in [0.15, 0.2) is 0 Å². The van der Waals surface area contributed by atoms with Crippen molar-refractivity contribution in [3.05, 3.63) is 0 Å². The van der Waals surface area contributed by atoms with Crippen LogP contribution in [-0.4, -0.2) is 43.8 Å². The van der Waals surface area contributed by atoms with Gasteiger partial charge in [0.2, 0.25) is 0 Å². The second kappa shape index (κ2) is 7.77. The van der Waals surface area contributed by atoms with Gasteiger partial charge < -0.3 is 15.0 Å². The molecule has 0 spiro atoms. The summed E-state index contributed by atoms with van der Waals surface area (Å²) in [5.41, 5.74) is 0. The summed E-state index contributed by atoms with van der Waals surface area (Å²) < 4.78 is 5.38. The zero-order valence-corrected chi connectivity index (χ0v) is 11.1. The van der Waals surface area contributed by atoms with Crippen molar-refractivity contribution >= 4 is 18.5 Å². The van der Waals surface area contributed by atoms with Crippen molar-refractivity contribution in [1.29, 1.82) is 0 Å². The molecule has 1 heterocycles. The van der Waals surface area contributed by atoms with Crippen LogP contribution in [0.3, 0.4) is 0 Å². The van der Waals surface area contributed by atoms with Gasteiger partial charge in [-0.2, -0.15) is 0 Å². The van der Waals surface area contributed by atoms with Crippen molar-refractivity contribution in [2.24, 2.45) is 5.92 Å². The van der Waals surface area contributed by atoms with Crippen LogP contribution in [0.5, 0.6) is 0 Å². The van der Waals surface area contributed by atoms with Gasteiger partial charge in [-0.25, -0.2) is 4.79 Å². The molecule has 0 atom stereocenters. The van der Waals surface area contributed by atoms with Crippen LogP contribution in [0.1, 0.15) is 32.1 Å². The quantitative estimate of drug-likeness (QED) is 0.828. The molecule has 0 aromatic heterocycles. The number of nitrogens with one attached hydrogen (secondary N) is 1. The Balaban J connectivity index is 0.00000144. The van der Waals surface area contributed by atoms with E-state index < -0.39 is 0 Å². The Hall–Kier alpha value is -0.480. The average Bonchev–Trinajstić information content (AvgIpc) is 2.38. The molecule has 4 nitrogen and oxygen atoms in total. The normalized spacial score (nSPS) is 21.8. The van der Waals surface area contributed by atoms with Crippen LogP contribution in [0.4, 0.5) is 4.79 Å². The topological polar surface area (TPSA) is 41.6 Å². The Morgan fingerprint density at radius 1 is 1.18 bits per heavy atom. The summed E-state index contributed by atoms with van der Waals surface area (Å²) in [6, 6.07) is 0. The molecule has 100 valence electrons. The SMILES string of the molecule is Cl.O=C(OCC1CCCCC1)N1CCNCC1. The first kappa shape index (κ1) is 14.6. The predicted molar refractivity (Wildman–Crippen MR) is 69.6 cm³/mol. The molecular formula is C12H23ClN2O2. The van der Waals surface area contributed by atoms with E-state index in [0.29, 0.717) is 12.5 Å². The highest BCUT2D eigenvalue weighted by atomic mass is 35.5. The van der Waals surface area contributed by atoms with Gasteiger partial charge in [0.25, 0.3) is 0 Å². The lowest BCUT2D eigenvalue weighted by Crippen LogP contribution is -2.46. The smallest absolute Gasteiger partial charge is 0.409 e. The molecule has 1 saturated heterocycles. The maximum Gasteiger partial charge on any atom is 0.409 e. The Bertz CT molecular complexity index is 227. The molecular weight excluding hydrogens is 240 g/mol. The van der Waals surface area contributed by atoms with E-state index in [1.54, 1.807) is 4.90 Å². The third-order valence-corrected chi connectivity index (χ3v) is 3.54. The van der Waals surface area contributed by atoms with Crippen molar-refractivity contribution in [2.45, 2.75) is 32.1 Å². The number of halogens is 1. The van der Waals surface area contributed by atoms with Crippen molar-refractivity contribution in [2.75, 3.05) is 32.8 Å². The fourth-order valence-electron chi connectivity index (χ4n) is 2.48. The first-order valence-electron chi connectivity index (χ1n) is 6.48. The highest BCUT2D eigenvalue weighted by molar-refractivity contribution is 5.85.